The Bertz CT molecular complexity index is 878. The van der Waals surface area contributed by atoms with E-state index < -0.39 is 0 Å². The van der Waals surface area contributed by atoms with E-state index in [9.17, 15) is 4.79 Å². The summed E-state index contributed by atoms with van der Waals surface area (Å²) in [6, 6.07) is 11.3. The molecule has 3 aromatic rings. The lowest BCUT2D eigenvalue weighted by atomic mass is 10.2. The van der Waals surface area contributed by atoms with E-state index >= 15 is 0 Å². The molecule has 0 aliphatic heterocycles. The molecule has 1 amide bonds. The maximum atomic E-state index is 12.1. The van der Waals surface area contributed by atoms with Gasteiger partial charge in [0.2, 0.25) is 5.91 Å². The van der Waals surface area contributed by atoms with Gasteiger partial charge in [0, 0.05) is 16.6 Å². The molecule has 0 bridgehead atoms. The molecule has 0 radical (unpaired) electrons. The van der Waals surface area contributed by atoms with Gasteiger partial charge < -0.3 is 9.73 Å². The van der Waals surface area contributed by atoms with Crippen LogP contribution in [0, 0.1) is 0 Å². The van der Waals surface area contributed by atoms with Crippen molar-refractivity contribution in [1.82, 2.24) is 20.1 Å². The minimum Gasteiger partial charge on any atom is -0.467 e. The van der Waals surface area contributed by atoms with Crippen molar-refractivity contribution >= 4 is 29.3 Å². The number of furan rings is 1. The summed E-state index contributed by atoms with van der Waals surface area (Å²) in [5.41, 5.74) is 0.898. The first-order valence-corrected chi connectivity index (χ1v) is 10.1. The van der Waals surface area contributed by atoms with Crippen molar-refractivity contribution in [2.24, 2.45) is 0 Å². The standard InChI is InChI=1S/C19H21ClN4O2S/c1-3-13(2)21-17(25)12-27-19-23-22-18(14-6-8-15(20)9-7-14)24(19)11-16-5-4-10-26-16/h4-10,13H,3,11-12H2,1-2H3,(H,21,25)/t13-/m1/s1. The predicted octanol–water partition coefficient (Wildman–Crippen LogP) is 4.25. The quantitative estimate of drug-likeness (QED) is 0.568. The number of thioether (sulfide) groups is 1. The normalized spacial score (nSPS) is 12.1. The van der Waals surface area contributed by atoms with E-state index in [2.05, 4.69) is 15.5 Å². The van der Waals surface area contributed by atoms with E-state index in [1.165, 1.54) is 11.8 Å². The number of hydrogen-bond donors (Lipinski definition) is 1. The molecule has 8 heteroatoms. The molecule has 2 aromatic heterocycles. The van der Waals surface area contributed by atoms with E-state index in [1.807, 2.05) is 54.8 Å². The highest BCUT2D eigenvalue weighted by Gasteiger charge is 2.17. The molecule has 3 rings (SSSR count). The zero-order valence-electron chi connectivity index (χ0n) is 15.2. The van der Waals surface area contributed by atoms with Crippen molar-refractivity contribution in [2.45, 2.75) is 38.0 Å². The topological polar surface area (TPSA) is 73.0 Å². The van der Waals surface area contributed by atoms with E-state index in [4.69, 9.17) is 16.0 Å². The number of halogens is 1. The number of benzene rings is 1. The van der Waals surface area contributed by atoms with Crippen molar-refractivity contribution in [1.29, 1.82) is 0 Å². The smallest absolute Gasteiger partial charge is 0.230 e. The zero-order valence-corrected chi connectivity index (χ0v) is 16.8. The number of amides is 1. The highest BCUT2D eigenvalue weighted by atomic mass is 35.5. The molecule has 0 saturated carbocycles. The molecule has 1 aromatic carbocycles. The molecule has 0 unspecified atom stereocenters. The largest absolute Gasteiger partial charge is 0.467 e. The van der Waals surface area contributed by atoms with Gasteiger partial charge in [-0.3, -0.25) is 9.36 Å². The first-order chi connectivity index (χ1) is 13.1. The van der Waals surface area contributed by atoms with Crippen molar-refractivity contribution in [2.75, 3.05) is 5.75 Å². The summed E-state index contributed by atoms with van der Waals surface area (Å²) in [5, 5.41) is 12.9. The van der Waals surface area contributed by atoms with Crippen LogP contribution in [0.25, 0.3) is 11.4 Å². The lowest BCUT2D eigenvalue weighted by Gasteiger charge is -2.11. The lowest BCUT2D eigenvalue weighted by molar-refractivity contribution is -0.119. The average molecular weight is 405 g/mol. The van der Waals surface area contributed by atoms with E-state index in [1.54, 1.807) is 6.26 Å². The van der Waals surface area contributed by atoms with Crippen LogP contribution in [-0.4, -0.2) is 32.5 Å². The third-order valence-corrected chi connectivity index (χ3v) is 5.28. The van der Waals surface area contributed by atoms with Gasteiger partial charge in [-0.1, -0.05) is 30.3 Å². The fraction of sp³-hybridized carbons (Fsp3) is 0.316. The molecule has 0 spiro atoms. The zero-order chi connectivity index (χ0) is 19.2. The van der Waals surface area contributed by atoms with Gasteiger partial charge in [-0.15, -0.1) is 10.2 Å². The minimum atomic E-state index is -0.0186. The molecule has 0 aliphatic carbocycles. The van der Waals surface area contributed by atoms with Crippen molar-refractivity contribution in [3.05, 3.63) is 53.4 Å². The monoisotopic (exact) mass is 404 g/mol. The number of nitrogens with zero attached hydrogens (tertiary/aromatic N) is 3. The van der Waals surface area contributed by atoms with Gasteiger partial charge in [0.15, 0.2) is 11.0 Å². The maximum Gasteiger partial charge on any atom is 0.230 e. The number of nitrogens with one attached hydrogen (secondary N) is 1. The Labute approximate surface area is 167 Å². The molecule has 0 fully saturated rings. The summed E-state index contributed by atoms with van der Waals surface area (Å²) in [7, 11) is 0. The second kappa shape index (κ2) is 9.10. The highest BCUT2D eigenvalue weighted by Crippen LogP contribution is 2.26. The molecule has 0 aliphatic rings. The Hall–Kier alpha value is -2.25. The molecule has 27 heavy (non-hydrogen) atoms. The number of rotatable bonds is 8. The van der Waals surface area contributed by atoms with Crippen LogP contribution in [-0.2, 0) is 11.3 Å². The Morgan fingerprint density at radius 2 is 2.07 bits per heavy atom. The van der Waals surface area contributed by atoms with Crippen LogP contribution in [0.2, 0.25) is 5.02 Å². The lowest BCUT2D eigenvalue weighted by Crippen LogP contribution is -2.33. The fourth-order valence-corrected chi connectivity index (χ4v) is 3.33. The summed E-state index contributed by atoms with van der Waals surface area (Å²) in [6.45, 7) is 4.50. The summed E-state index contributed by atoms with van der Waals surface area (Å²) in [6.07, 6.45) is 2.53. The first-order valence-electron chi connectivity index (χ1n) is 8.70. The third kappa shape index (κ3) is 5.14. The van der Waals surface area contributed by atoms with Crippen LogP contribution in [0.5, 0.6) is 0 Å². The van der Waals surface area contributed by atoms with Crippen molar-refractivity contribution < 1.29 is 9.21 Å². The van der Waals surface area contributed by atoms with Gasteiger partial charge in [0.1, 0.15) is 5.76 Å². The molecule has 2 heterocycles. The second-order valence-electron chi connectivity index (χ2n) is 6.14. The van der Waals surface area contributed by atoms with Crippen LogP contribution in [0.3, 0.4) is 0 Å². The Morgan fingerprint density at radius 1 is 1.30 bits per heavy atom. The first kappa shape index (κ1) is 19.5. The summed E-state index contributed by atoms with van der Waals surface area (Å²) in [5.74, 6) is 1.75. The predicted molar refractivity (Wildman–Crippen MR) is 107 cm³/mol. The van der Waals surface area contributed by atoms with Crippen LogP contribution in [0.1, 0.15) is 26.0 Å². The number of aromatic nitrogens is 3. The van der Waals surface area contributed by atoms with Crippen molar-refractivity contribution in [3.8, 4) is 11.4 Å². The van der Waals surface area contributed by atoms with Crippen LogP contribution >= 0.6 is 23.4 Å². The average Bonchev–Trinajstić information content (AvgIpc) is 3.31. The third-order valence-electron chi connectivity index (χ3n) is 4.07. The summed E-state index contributed by atoms with van der Waals surface area (Å²) >= 11 is 7.35. The SMILES string of the molecule is CC[C@@H](C)NC(=O)CSc1nnc(-c2ccc(Cl)cc2)n1Cc1ccco1. The molecule has 1 N–H and O–H groups in total. The molecule has 1 atom stereocenters. The summed E-state index contributed by atoms with van der Waals surface area (Å²) < 4.78 is 7.43. The van der Waals surface area contributed by atoms with Gasteiger partial charge in [-0.25, -0.2) is 0 Å². The molecule has 0 saturated heterocycles. The van der Waals surface area contributed by atoms with Gasteiger partial charge in [-0.2, -0.15) is 0 Å². The van der Waals surface area contributed by atoms with Crippen LogP contribution < -0.4 is 5.32 Å². The van der Waals surface area contributed by atoms with Gasteiger partial charge in [0.05, 0.1) is 18.6 Å². The number of carbonyl (C=O) groups excluding carboxylic acids is 1. The molecular weight excluding hydrogens is 384 g/mol. The molecular formula is C19H21ClN4O2S. The molecule has 6 nitrogen and oxygen atoms in total. The summed E-state index contributed by atoms with van der Waals surface area (Å²) in [4.78, 5) is 12.1. The highest BCUT2D eigenvalue weighted by molar-refractivity contribution is 7.99. The second-order valence-corrected chi connectivity index (χ2v) is 7.52. The van der Waals surface area contributed by atoms with E-state index in [-0.39, 0.29) is 17.7 Å². The van der Waals surface area contributed by atoms with Crippen LogP contribution in [0.15, 0.2) is 52.2 Å². The van der Waals surface area contributed by atoms with Crippen LogP contribution in [0.4, 0.5) is 0 Å². The fourth-order valence-electron chi connectivity index (χ4n) is 2.46. The maximum absolute atomic E-state index is 12.1. The molecule has 142 valence electrons. The van der Waals surface area contributed by atoms with E-state index in [0.29, 0.717) is 22.5 Å². The number of hydrogen-bond acceptors (Lipinski definition) is 5. The Balaban J connectivity index is 1.82. The van der Waals surface area contributed by atoms with Gasteiger partial charge in [0.25, 0.3) is 0 Å². The van der Waals surface area contributed by atoms with Gasteiger partial charge >= 0.3 is 0 Å². The van der Waals surface area contributed by atoms with Crippen molar-refractivity contribution in [3.63, 3.8) is 0 Å². The Kier molecular flexibility index (Phi) is 6.58. The van der Waals surface area contributed by atoms with Gasteiger partial charge in [-0.05, 0) is 49.7 Å². The number of carbonyl (C=O) groups is 1. The van der Waals surface area contributed by atoms with E-state index in [0.717, 1.165) is 17.7 Å². The minimum absolute atomic E-state index is 0.0186. The Morgan fingerprint density at radius 3 is 2.74 bits per heavy atom.